The van der Waals surface area contributed by atoms with E-state index in [0.29, 0.717) is 11.4 Å². The summed E-state index contributed by atoms with van der Waals surface area (Å²) < 4.78 is 6.81. The minimum absolute atomic E-state index is 0.0376. The fourth-order valence-electron chi connectivity index (χ4n) is 2.20. The van der Waals surface area contributed by atoms with Crippen molar-refractivity contribution in [2.24, 2.45) is 0 Å². The van der Waals surface area contributed by atoms with Crippen LogP contribution in [-0.2, 0) is 6.42 Å². The van der Waals surface area contributed by atoms with Gasteiger partial charge < -0.3 is 9.73 Å². The van der Waals surface area contributed by atoms with E-state index < -0.39 is 0 Å². The summed E-state index contributed by atoms with van der Waals surface area (Å²) in [5, 5.41) is 6.98. The molecule has 0 saturated carbocycles. The summed E-state index contributed by atoms with van der Waals surface area (Å²) in [4.78, 5) is 20.4. The van der Waals surface area contributed by atoms with Crippen molar-refractivity contribution >= 4 is 5.91 Å². The van der Waals surface area contributed by atoms with E-state index in [4.69, 9.17) is 4.42 Å². The first kappa shape index (κ1) is 15.0. The predicted octanol–water partition coefficient (Wildman–Crippen LogP) is 2.01. The van der Waals surface area contributed by atoms with Crippen molar-refractivity contribution in [3.05, 3.63) is 60.7 Å². The number of carbonyl (C=O) groups is 1. The van der Waals surface area contributed by atoms with E-state index in [-0.39, 0.29) is 11.9 Å². The Balaban J connectivity index is 1.60. The Morgan fingerprint density at radius 1 is 1.43 bits per heavy atom. The molecular weight excluding hydrogens is 294 g/mol. The van der Waals surface area contributed by atoms with Gasteiger partial charge in [0.15, 0.2) is 5.82 Å². The Hall–Kier alpha value is -2.96. The number of aryl methyl sites for hydroxylation is 1. The van der Waals surface area contributed by atoms with E-state index >= 15 is 0 Å². The van der Waals surface area contributed by atoms with Crippen LogP contribution in [0.25, 0.3) is 5.82 Å². The molecule has 0 bridgehead atoms. The second kappa shape index (κ2) is 6.87. The number of rotatable bonds is 6. The van der Waals surface area contributed by atoms with Gasteiger partial charge >= 0.3 is 0 Å². The van der Waals surface area contributed by atoms with E-state index in [1.54, 1.807) is 24.6 Å². The summed E-state index contributed by atoms with van der Waals surface area (Å²) in [5.74, 6) is 1.34. The van der Waals surface area contributed by atoms with Crippen molar-refractivity contribution in [2.75, 3.05) is 0 Å². The first-order chi connectivity index (χ1) is 11.2. The van der Waals surface area contributed by atoms with Gasteiger partial charge in [0.05, 0.1) is 6.26 Å². The molecule has 0 unspecified atom stereocenters. The molecule has 118 valence electrons. The summed E-state index contributed by atoms with van der Waals surface area (Å²) in [6, 6.07) is 7.19. The highest BCUT2D eigenvalue weighted by molar-refractivity contribution is 5.94. The summed E-state index contributed by atoms with van der Waals surface area (Å²) >= 11 is 0. The second-order valence-corrected chi connectivity index (χ2v) is 5.24. The van der Waals surface area contributed by atoms with Crippen LogP contribution in [0.3, 0.4) is 0 Å². The maximum Gasteiger partial charge on any atom is 0.251 e. The van der Waals surface area contributed by atoms with Crippen LogP contribution in [0.1, 0.15) is 29.5 Å². The second-order valence-electron chi connectivity index (χ2n) is 5.24. The monoisotopic (exact) mass is 311 g/mol. The van der Waals surface area contributed by atoms with E-state index in [2.05, 4.69) is 20.4 Å². The lowest BCUT2D eigenvalue weighted by Gasteiger charge is -2.13. The van der Waals surface area contributed by atoms with Gasteiger partial charge in [0.25, 0.3) is 5.91 Å². The first-order valence-electron chi connectivity index (χ1n) is 7.36. The van der Waals surface area contributed by atoms with Crippen molar-refractivity contribution in [1.29, 1.82) is 0 Å². The highest BCUT2D eigenvalue weighted by atomic mass is 16.3. The molecule has 0 aromatic carbocycles. The Kier molecular flexibility index (Phi) is 4.46. The molecule has 0 fully saturated rings. The lowest BCUT2D eigenvalue weighted by Crippen LogP contribution is -2.33. The van der Waals surface area contributed by atoms with E-state index in [9.17, 15) is 4.79 Å². The standard InChI is InChI=1S/C16H17N5O2/c1-12(4-5-14-3-2-8-23-14)20-16(22)13-6-7-18-15(9-13)21-11-17-10-19-21/h2-3,6-12H,4-5H2,1H3,(H,20,22)/t12-/m1/s1. The number of amides is 1. The summed E-state index contributed by atoms with van der Waals surface area (Å²) in [6.45, 7) is 1.97. The van der Waals surface area contributed by atoms with Crippen LogP contribution in [-0.4, -0.2) is 31.7 Å². The van der Waals surface area contributed by atoms with Crippen LogP contribution in [0.15, 0.2) is 53.8 Å². The third kappa shape index (κ3) is 3.82. The zero-order valence-corrected chi connectivity index (χ0v) is 12.7. The molecule has 0 aliphatic carbocycles. The molecule has 23 heavy (non-hydrogen) atoms. The predicted molar refractivity (Wildman–Crippen MR) is 83.1 cm³/mol. The van der Waals surface area contributed by atoms with Crippen LogP contribution in [0, 0.1) is 0 Å². The minimum Gasteiger partial charge on any atom is -0.469 e. The van der Waals surface area contributed by atoms with Crippen LogP contribution in [0.2, 0.25) is 0 Å². The number of pyridine rings is 1. The molecule has 3 rings (SSSR count). The molecule has 3 aromatic heterocycles. The van der Waals surface area contributed by atoms with Crippen LogP contribution in [0.4, 0.5) is 0 Å². The first-order valence-corrected chi connectivity index (χ1v) is 7.36. The topological polar surface area (TPSA) is 85.8 Å². The molecule has 7 nitrogen and oxygen atoms in total. The highest BCUT2D eigenvalue weighted by Crippen LogP contribution is 2.08. The molecule has 7 heteroatoms. The molecule has 1 N–H and O–H groups in total. The zero-order chi connectivity index (χ0) is 16.1. The van der Waals surface area contributed by atoms with Gasteiger partial charge in [0, 0.05) is 24.2 Å². The number of carbonyl (C=O) groups excluding carboxylic acids is 1. The quantitative estimate of drug-likeness (QED) is 0.752. The Bertz CT molecular complexity index is 753. The molecule has 0 aliphatic rings. The Morgan fingerprint density at radius 2 is 2.35 bits per heavy atom. The normalized spacial score (nSPS) is 12.0. The van der Waals surface area contributed by atoms with Crippen molar-refractivity contribution in [3.8, 4) is 5.82 Å². The average molecular weight is 311 g/mol. The molecule has 3 aromatic rings. The summed E-state index contributed by atoms with van der Waals surface area (Å²) in [7, 11) is 0. The Labute approximate surface area is 133 Å². The zero-order valence-electron chi connectivity index (χ0n) is 12.7. The van der Waals surface area contributed by atoms with Gasteiger partial charge in [-0.1, -0.05) is 0 Å². The molecule has 3 heterocycles. The molecule has 0 aliphatic heterocycles. The van der Waals surface area contributed by atoms with E-state index in [0.717, 1.165) is 18.6 Å². The smallest absolute Gasteiger partial charge is 0.251 e. The van der Waals surface area contributed by atoms with E-state index in [1.165, 1.54) is 17.3 Å². The van der Waals surface area contributed by atoms with Gasteiger partial charge in [-0.15, -0.1) is 0 Å². The van der Waals surface area contributed by atoms with Crippen LogP contribution >= 0.6 is 0 Å². The minimum atomic E-state index is -0.138. The SMILES string of the molecule is C[C@H](CCc1ccco1)NC(=O)c1ccnc(-n2cncn2)c1. The van der Waals surface area contributed by atoms with Crippen molar-refractivity contribution in [1.82, 2.24) is 25.1 Å². The highest BCUT2D eigenvalue weighted by Gasteiger charge is 2.12. The number of aromatic nitrogens is 4. The molecule has 0 radical (unpaired) electrons. The largest absolute Gasteiger partial charge is 0.469 e. The lowest BCUT2D eigenvalue weighted by atomic mass is 10.1. The summed E-state index contributed by atoms with van der Waals surface area (Å²) in [6.07, 6.45) is 7.79. The average Bonchev–Trinajstić information content (AvgIpc) is 3.26. The maximum atomic E-state index is 12.3. The van der Waals surface area contributed by atoms with Gasteiger partial charge in [-0.05, 0) is 37.6 Å². The van der Waals surface area contributed by atoms with E-state index in [1.807, 2.05) is 19.1 Å². The molecule has 1 atom stereocenters. The summed E-state index contributed by atoms with van der Waals surface area (Å²) in [5.41, 5.74) is 0.537. The fraction of sp³-hybridized carbons (Fsp3) is 0.250. The fourth-order valence-corrected chi connectivity index (χ4v) is 2.20. The third-order valence-corrected chi connectivity index (χ3v) is 3.44. The van der Waals surface area contributed by atoms with Crippen molar-refractivity contribution < 1.29 is 9.21 Å². The third-order valence-electron chi connectivity index (χ3n) is 3.44. The van der Waals surface area contributed by atoms with Crippen LogP contribution in [0.5, 0.6) is 0 Å². The lowest BCUT2D eigenvalue weighted by molar-refractivity contribution is 0.0938. The van der Waals surface area contributed by atoms with Gasteiger partial charge in [-0.3, -0.25) is 4.79 Å². The number of hydrogen-bond donors (Lipinski definition) is 1. The van der Waals surface area contributed by atoms with Gasteiger partial charge in [0.2, 0.25) is 0 Å². The molecule has 0 saturated heterocycles. The van der Waals surface area contributed by atoms with Gasteiger partial charge in [0.1, 0.15) is 18.4 Å². The number of hydrogen-bond acceptors (Lipinski definition) is 5. The van der Waals surface area contributed by atoms with Crippen molar-refractivity contribution in [2.45, 2.75) is 25.8 Å². The number of furan rings is 1. The van der Waals surface area contributed by atoms with Crippen molar-refractivity contribution in [3.63, 3.8) is 0 Å². The van der Waals surface area contributed by atoms with Gasteiger partial charge in [-0.25, -0.2) is 14.6 Å². The Morgan fingerprint density at radius 3 is 3.09 bits per heavy atom. The molecule has 0 spiro atoms. The van der Waals surface area contributed by atoms with Gasteiger partial charge in [-0.2, -0.15) is 5.10 Å². The number of nitrogens with one attached hydrogen (secondary N) is 1. The maximum absolute atomic E-state index is 12.3. The molecular formula is C16H17N5O2. The molecule has 1 amide bonds. The van der Waals surface area contributed by atoms with Crippen LogP contribution < -0.4 is 5.32 Å². The number of nitrogens with zero attached hydrogens (tertiary/aromatic N) is 4.